The van der Waals surface area contributed by atoms with Crippen LogP contribution in [0.15, 0.2) is 17.4 Å². The molecule has 0 aromatic carbocycles. The predicted molar refractivity (Wildman–Crippen MR) is 87.6 cm³/mol. The van der Waals surface area contributed by atoms with Crippen LogP contribution < -0.4 is 5.56 Å². The Morgan fingerprint density at radius 3 is 2.24 bits per heavy atom. The van der Waals surface area contributed by atoms with E-state index in [9.17, 15) is 15.0 Å². The number of aliphatic hydroxyl groups excluding tert-OH is 3. The number of nitrogens with two attached hydrogens (primary N) is 5. The summed E-state index contributed by atoms with van der Waals surface area (Å²) in [6, 6.07) is 0. The van der Waals surface area contributed by atoms with Crippen molar-refractivity contribution >= 4 is 11.2 Å². The molecule has 0 aliphatic carbocycles. The van der Waals surface area contributed by atoms with Gasteiger partial charge in [0.05, 0.1) is 19.3 Å². The van der Waals surface area contributed by atoms with Crippen LogP contribution in [0.3, 0.4) is 0 Å². The van der Waals surface area contributed by atoms with Crippen molar-refractivity contribution < 1.29 is 39.5 Å². The molecule has 0 spiro atoms. The van der Waals surface area contributed by atoms with E-state index >= 15 is 0 Å². The Morgan fingerprint density at radius 1 is 1.12 bits per heavy atom. The van der Waals surface area contributed by atoms with E-state index in [1.54, 1.807) is 0 Å². The largest absolute Gasteiger partial charge is 5.00 e. The van der Waals surface area contributed by atoms with E-state index < -0.39 is 36.7 Å². The van der Waals surface area contributed by atoms with Gasteiger partial charge in [0.2, 0.25) is 0 Å². The molecule has 1 aliphatic heterocycles. The summed E-state index contributed by atoms with van der Waals surface area (Å²) in [6.45, 7) is -0.421. The van der Waals surface area contributed by atoms with Gasteiger partial charge in [-0.15, -0.1) is 0 Å². The molecule has 1 saturated heterocycles. The second kappa shape index (κ2) is 12.0. The van der Waals surface area contributed by atoms with E-state index in [0.717, 1.165) is 0 Å². The molecule has 4 unspecified atom stereocenters. The fourth-order valence-electron chi connectivity index (χ4n) is 2.16. The van der Waals surface area contributed by atoms with Crippen LogP contribution in [0.5, 0.6) is 0 Å². The molecule has 15 heteroatoms. The molecule has 3 rings (SSSR count). The third kappa shape index (κ3) is 5.05. The van der Waals surface area contributed by atoms with Crippen molar-refractivity contribution in [3.63, 3.8) is 0 Å². The van der Waals surface area contributed by atoms with Gasteiger partial charge in [0, 0.05) is 0 Å². The summed E-state index contributed by atoms with van der Waals surface area (Å²) < 4.78 is 6.70. The van der Waals surface area contributed by atoms with Crippen LogP contribution in [0.1, 0.15) is 6.23 Å². The van der Waals surface area contributed by atoms with Crippen LogP contribution in [-0.2, 0) is 24.2 Å². The van der Waals surface area contributed by atoms with Gasteiger partial charge >= 0.3 is 19.5 Å². The van der Waals surface area contributed by atoms with Crippen molar-refractivity contribution in [2.45, 2.75) is 24.5 Å². The summed E-state index contributed by atoms with van der Waals surface area (Å²) in [5.41, 5.74) is -0.0608. The molecule has 14 N–H and O–H groups in total. The Balaban J connectivity index is -0.000000367. The zero-order chi connectivity index (χ0) is 13.6. The van der Waals surface area contributed by atoms with Gasteiger partial charge in [0.1, 0.15) is 18.3 Å². The zero-order valence-corrected chi connectivity index (χ0v) is 14.6. The van der Waals surface area contributed by atoms with Gasteiger partial charge in [-0.25, -0.2) is 9.97 Å². The summed E-state index contributed by atoms with van der Waals surface area (Å²) >= 11 is 0. The molecule has 3 heterocycles. The molecule has 0 bridgehead atoms. The van der Waals surface area contributed by atoms with Crippen LogP contribution in [-0.4, -0.2) is 59.8 Å². The van der Waals surface area contributed by atoms with Crippen molar-refractivity contribution in [1.29, 1.82) is 0 Å². The first-order valence-corrected chi connectivity index (χ1v) is 5.66. The van der Waals surface area contributed by atoms with E-state index in [0.29, 0.717) is 0 Å². The number of aliphatic hydroxyl groups is 3. The minimum absolute atomic E-state index is 0. The molecule has 145 valence electrons. The molecule has 4 atom stereocenters. The first-order chi connectivity index (χ1) is 9.13. The Morgan fingerprint density at radius 2 is 1.72 bits per heavy atom. The number of H-pyrrole nitrogens is 1. The molecule has 2 aromatic rings. The van der Waals surface area contributed by atoms with E-state index in [-0.39, 0.29) is 61.4 Å². The minimum atomic E-state index is -1.24. The maximum absolute atomic E-state index is 11.5. The second-order valence-electron chi connectivity index (χ2n) is 4.28. The third-order valence-corrected chi connectivity index (χ3v) is 3.16. The quantitative estimate of drug-likeness (QED) is 0.486. The monoisotopic (exact) mass is 450 g/mol. The first-order valence-electron chi connectivity index (χ1n) is 5.66. The van der Waals surface area contributed by atoms with Gasteiger partial charge in [-0.2, -0.15) is 0 Å². The fourth-order valence-corrected chi connectivity index (χ4v) is 2.16. The maximum Gasteiger partial charge on any atom is 5.00 e. The van der Waals surface area contributed by atoms with Crippen LogP contribution in [0.2, 0.25) is 0 Å². The van der Waals surface area contributed by atoms with Crippen LogP contribution in [0.25, 0.3) is 41.9 Å². The number of nitrogens with zero attached hydrogens (tertiary/aromatic N) is 3. The van der Waals surface area contributed by atoms with Crippen LogP contribution in [0.4, 0.5) is 0 Å². The molecule has 1 fully saturated rings. The van der Waals surface area contributed by atoms with Gasteiger partial charge in [0.15, 0.2) is 17.4 Å². The molecule has 1 radical (unpaired) electrons. The normalized spacial score (nSPS) is 23.6. The number of aromatic nitrogens is 4. The van der Waals surface area contributed by atoms with Gasteiger partial charge in [-0.05, 0) is 0 Å². The van der Waals surface area contributed by atoms with E-state index in [4.69, 9.17) is 9.84 Å². The Labute approximate surface area is 155 Å². The molecule has 0 amide bonds. The first kappa shape index (κ1) is 31.4. The number of rotatable bonds is 2. The third-order valence-electron chi connectivity index (χ3n) is 3.16. The van der Waals surface area contributed by atoms with Crippen molar-refractivity contribution in [3.05, 3.63) is 53.8 Å². The van der Waals surface area contributed by atoms with Crippen molar-refractivity contribution in [3.8, 4) is 0 Å². The Kier molecular flexibility index (Phi) is 15.1. The van der Waals surface area contributed by atoms with E-state index in [1.165, 1.54) is 17.2 Å². The van der Waals surface area contributed by atoms with Crippen molar-refractivity contribution in [1.82, 2.24) is 19.5 Å². The van der Waals surface area contributed by atoms with Crippen LogP contribution >= 0.6 is 0 Å². The molecule has 25 heavy (non-hydrogen) atoms. The number of imidazole rings is 1. The average molecular weight is 449 g/mol. The van der Waals surface area contributed by atoms with Crippen molar-refractivity contribution in [2.24, 2.45) is 0 Å². The Bertz CT molecular complexity index is 668. The van der Waals surface area contributed by atoms with Gasteiger partial charge in [-0.3, -0.25) is 9.36 Å². The fraction of sp³-hybridized carbons (Fsp3) is 0.500. The van der Waals surface area contributed by atoms with Crippen LogP contribution in [0, 0.1) is 0 Å². The summed E-state index contributed by atoms with van der Waals surface area (Å²) in [6.07, 6.45) is -1.78. The number of ether oxygens (including phenoxy) is 1. The molecular weight excluding hydrogens is 427 g/mol. The summed E-state index contributed by atoms with van der Waals surface area (Å²) in [5, 5.41) is 28.6. The summed E-state index contributed by atoms with van der Waals surface area (Å²) in [7, 11) is 0. The summed E-state index contributed by atoms with van der Waals surface area (Å²) in [4.78, 5) is 21.8. The molecule has 14 nitrogen and oxygen atoms in total. The predicted octanol–water partition coefficient (Wildman–Crippen LogP) is 1.31. The average Bonchev–Trinajstić information content (AvgIpc) is 2.94. The number of hydrogen-bond donors (Lipinski definition) is 4. The molecule has 2 aromatic heterocycles. The van der Waals surface area contributed by atoms with Gasteiger partial charge in [0.25, 0.3) is 5.56 Å². The van der Waals surface area contributed by atoms with Gasteiger partial charge < -0.3 is 55.8 Å². The van der Waals surface area contributed by atoms with E-state index in [1.807, 2.05) is 0 Å². The molecule has 0 saturated carbocycles. The smallest absolute Gasteiger partial charge is 0.693 e. The zero-order valence-electron chi connectivity index (χ0n) is 12.9. The van der Waals surface area contributed by atoms with Crippen molar-refractivity contribution in [2.75, 3.05) is 6.61 Å². The molecule has 1 aliphatic rings. The topological polar surface area (TPSA) is 301 Å². The Hall–Kier alpha value is -1.39. The van der Waals surface area contributed by atoms with E-state index in [2.05, 4.69) is 15.0 Å². The van der Waals surface area contributed by atoms with Gasteiger partial charge in [-0.1, -0.05) is 0 Å². The number of aromatic amines is 1. The minimum Gasteiger partial charge on any atom is -0.693 e. The molecular formula is C10H22N9O5Ru. The maximum atomic E-state index is 11.5. The SMILES string of the molecule is O=c1[nH]cnc2c1ncn2C1OC(CO)C(O)C1O.[NH2-].[NH2-].[NH2-].[NH2-].[NH2-].[Ru+5]. The number of nitrogens with one attached hydrogen (secondary N) is 1. The number of fused-ring (bicyclic) bond motifs is 1. The second-order valence-corrected chi connectivity index (χ2v) is 4.28. The summed E-state index contributed by atoms with van der Waals surface area (Å²) in [5.74, 6) is 0. The standard InChI is InChI=1S/C10H12N4O5.5H2N.Ru/c15-1-4-6(16)7(17)10(19-4)14-3-13-5-8(14)11-2-12-9(5)18;;;;;;/h2-4,6-7,10,15-17H,1H2,(H,11,12,18);5*1H2;/q;5*-1;+5. The number of hydrogen-bond acceptors (Lipinski definition) is 7.